The maximum atomic E-state index is 14.6. The lowest BCUT2D eigenvalue weighted by atomic mass is 10.1. The predicted molar refractivity (Wildman–Crippen MR) is 97.0 cm³/mol. The Kier molecular flexibility index (Phi) is 3.74. The number of piperidine rings is 1. The van der Waals surface area contributed by atoms with Crippen molar-refractivity contribution in [2.24, 2.45) is 0 Å². The molecular weight excluding hydrogens is 333 g/mol. The number of benzene rings is 1. The van der Waals surface area contributed by atoms with Gasteiger partial charge in [-0.2, -0.15) is 5.10 Å². The van der Waals surface area contributed by atoms with Gasteiger partial charge in [-0.3, -0.25) is 4.90 Å². The van der Waals surface area contributed by atoms with E-state index in [-0.39, 0.29) is 11.9 Å². The normalized spacial score (nSPS) is 22.5. The Labute approximate surface area is 150 Å². The zero-order valence-corrected chi connectivity index (χ0v) is 14.4. The van der Waals surface area contributed by atoms with Gasteiger partial charge < -0.3 is 10.1 Å². The van der Waals surface area contributed by atoms with Crippen molar-refractivity contribution < 1.29 is 9.13 Å². The first-order valence-electron chi connectivity index (χ1n) is 9.03. The highest BCUT2D eigenvalue weighted by Crippen LogP contribution is 2.31. The molecule has 0 radical (unpaired) electrons. The maximum absolute atomic E-state index is 14.6. The lowest BCUT2D eigenvalue weighted by Crippen LogP contribution is -2.43. The second-order valence-electron chi connectivity index (χ2n) is 6.89. The summed E-state index contributed by atoms with van der Waals surface area (Å²) < 4.78 is 22.4. The van der Waals surface area contributed by atoms with Gasteiger partial charge >= 0.3 is 0 Å². The summed E-state index contributed by atoms with van der Waals surface area (Å²) in [7, 11) is 0. The van der Waals surface area contributed by atoms with Crippen molar-refractivity contribution in [2.75, 3.05) is 31.5 Å². The van der Waals surface area contributed by atoms with Crippen LogP contribution in [0.2, 0.25) is 0 Å². The number of nitrogens with zero attached hydrogens (tertiary/aromatic N) is 4. The zero-order valence-electron chi connectivity index (χ0n) is 14.4. The van der Waals surface area contributed by atoms with E-state index in [0.717, 1.165) is 44.8 Å². The Morgan fingerprint density at radius 3 is 3.12 bits per heavy atom. The molecule has 134 valence electrons. The van der Waals surface area contributed by atoms with E-state index in [1.165, 1.54) is 6.07 Å². The molecule has 1 aromatic carbocycles. The first-order valence-corrected chi connectivity index (χ1v) is 9.03. The van der Waals surface area contributed by atoms with Gasteiger partial charge in [0.1, 0.15) is 23.5 Å². The third-order valence-corrected chi connectivity index (χ3v) is 5.10. The van der Waals surface area contributed by atoms with Gasteiger partial charge in [0, 0.05) is 37.0 Å². The minimum Gasteiger partial charge on any atom is -0.489 e. The van der Waals surface area contributed by atoms with Gasteiger partial charge in [0.25, 0.3) is 0 Å². The van der Waals surface area contributed by atoms with Gasteiger partial charge in [-0.25, -0.2) is 13.9 Å². The van der Waals surface area contributed by atoms with Crippen molar-refractivity contribution in [3.05, 3.63) is 42.5 Å². The SMILES string of the molecule is Fc1ccc2cc1-c1cnn3ccc(nc13)NCCN1CCCC(C1)O2. The number of ether oxygens (including phenoxy) is 1. The highest BCUT2D eigenvalue weighted by atomic mass is 19.1. The van der Waals surface area contributed by atoms with Gasteiger partial charge in [-0.15, -0.1) is 0 Å². The molecule has 0 aliphatic carbocycles. The van der Waals surface area contributed by atoms with Gasteiger partial charge in [0.15, 0.2) is 5.65 Å². The van der Waals surface area contributed by atoms with Crippen LogP contribution in [0.4, 0.5) is 10.2 Å². The topological polar surface area (TPSA) is 54.7 Å². The highest BCUT2D eigenvalue weighted by Gasteiger charge is 2.22. The molecule has 5 rings (SSSR count). The lowest BCUT2D eigenvalue weighted by molar-refractivity contribution is 0.0911. The van der Waals surface area contributed by atoms with E-state index in [2.05, 4.69) is 20.3 Å². The summed E-state index contributed by atoms with van der Waals surface area (Å²) in [5.74, 6) is 1.17. The number of hydrogen-bond donors (Lipinski definition) is 1. The summed E-state index contributed by atoms with van der Waals surface area (Å²) in [6.07, 6.45) is 5.76. The fourth-order valence-electron chi connectivity index (χ4n) is 3.79. The molecule has 0 saturated carbocycles. The van der Waals surface area contributed by atoms with Crippen LogP contribution in [0.25, 0.3) is 16.8 Å². The van der Waals surface area contributed by atoms with E-state index in [1.807, 2.05) is 12.3 Å². The van der Waals surface area contributed by atoms with Crippen molar-refractivity contribution >= 4 is 11.5 Å². The second-order valence-corrected chi connectivity index (χ2v) is 6.89. The largest absolute Gasteiger partial charge is 0.489 e. The summed E-state index contributed by atoms with van der Waals surface area (Å²) in [6, 6.07) is 6.82. The first-order chi connectivity index (χ1) is 12.8. The van der Waals surface area contributed by atoms with E-state index >= 15 is 0 Å². The molecular formula is C19H20FN5O. The van der Waals surface area contributed by atoms with Crippen LogP contribution in [-0.2, 0) is 0 Å². The monoisotopic (exact) mass is 353 g/mol. The Balaban J connectivity index is 1.64. The molecule has 1 N–H and O–H groups in total. The van der Waals surface area contributed by atoms with E-state index in [9.17, 15) is 4.39 Å². The summed E-state index contributed by atoms with van der Waals surface area (Å²) in [4.78, 5) is 7.04. The molecule has 6 bridgehead atoms. The van der Waals surface area contributed by atoms with E-state index in [1.54, 1.807) is 22.8 Å². The number of rotatable bonds is 0. The smallest absolute Gasteiger partial charge is 0.165 e. The fraction of sp³-hybridized carbons (Fsp3) is 0.368. The molecule has 2 aromatic heterocycles. The fourth-order valence-corrected chi connectivity index (χ4v) is 3.79. The Hall–Kier alpha value is -2.67. The van der Waals surface area contributed by atoms with E-state index in [4.69, 9.17) is 4.74 Å². The van der Waals surface area contributed by atoms with E-state index in [0.29, 0.717) is 22.5 Å². The molecule has 7 heteroatoms. The van der Waals surface area contributed by atoms with Crippen LogP contribution >= 0.6 is 0 Å². The van der Waals surface area contributed by atoms with Crippen molar-refractivity contribution in [2.45, 2.75) is 18.9 Å². The molecule has 0 spiro atoms. The molecule has 0 amide bonds. The third kappa shape index (κ3) is 2.78. The van der Waals surface area contributed by atoms with Crippen molar-refractivity contribution in [3.63, 3.8) is 0 Å². The summed E-state index contributed by atoms with van der Waals surface area (Å²) in [5.41, 5.74) is 1.76. The summed E-state index contributed by atoms with van der Waals surface area (Å²) >= 11 is 0. The number of nitrogens with one attached hydrogen (secondary N) is 1. The van der Waals surface area contributed by atoms with Crippen LogP contribution in [0.15, 0.2) is 36.7 Å². The quantitative estimate of drug-likeness (QED) is 0.674. The predicted octanol–water partition coefficient (Wildman–Crippen LogP) is 2.80. The highest BCUT2D eigenvalue weighted by molar-refractivity contribution is 5.78. The number of anilines is 1. The molecule has 26 heavy (non-hydrogen) atoms. The van der Waals surface area contributed by atoms with Crippen LogP contribution in [0.3, 0.4) is 0 Å². The molecule has 3 aromatic rings. The van der Waals surface area contributed by atoms with Gasteiger partial charge in [0.05, 0.1) is 6.20 Å². The average molecular weight is 353 g/mol. The minimum atomic E-state index is -0.301. The van der Waals surface area contributed by atoms with Gasteiger partial charge in [-0.1, -0.05) is 0 Å². The van der Waals surface area contributed by atoms with Crippen LogP contribution in [0.1, 0.15) is 12.8 Å². The number of aromatic nitrogens is 3. The molecule has 1 saturated heterocycles. The van der Waals surface area contributed by atoms with Gasteiger partial charge in [0.2, 0.25) is 0 Å². The van der Waals surface area contributed by atoms with Crippen LogP contribution in [0.5, 0.6) is 5.75 Å². The van der Waals surface area contributed by atoms with Crippen LogP contribution in [0, 0.1) is 5.82 Å². The Bertz CT molecular complexity index is 956. The zero-order chi connectivity index (χ0) is 17.5. The van der Waals surface area contributed by atoms with Crippen molar-refractivity contribution in [1.29, 1.82) is 0 Å². The third-order valence-electron chi connectivity index (χ3n) is 5.10. The molecule has 6 nitrogen and oxygen atoms in total. The molecule has 1 fully saturated rings. The molecule has 2 unspecified atom stereocenters. The molecule has 2 aliphatic rings. The summed E-state index contributed by atoms with van der Waals surface area (Å²) in [5, 5.41) is 7.68. The average Bonchev–Trinajstić information content (AvgIpc) is 3.06. The number of halogens is 1. The maximum Gasteiger partial charge on any atom is 0.165 e. The van der Waals surface area contributed by atoms with E-state index < -0.39 is 0 Å². The molecule has 2 aliphatic heterocycles. The van der Waals surface area contributed by atoms with Gasteiger partial charge in [-0.05, 0) is 43.7 Å². The second kappa shape index (κ2) is 6.25. The summed E-state index contributed by atoms with van der Waals surface area (Å²) in [6.45, 7) is 3.71. The van der Waals surface area contributed by atoms with Crippen molar-refractivity contribution in [1.82, 2.24) is 19.5 Å². The van der Waals surface area contributed by atoms with Crippen LogP contribution < -0.4 is 10.1 Å². The lowest BCUT2D eigenvalue weighted by Gasteiger charge is -2.33. The molecule has 4 heterocycles. The standard InChI is InChI=1S/C19H20FN5O/c20-17-4-3-13-10-15(17)16-11-22-25-8-5-18(23-19(16)25)21-6-9-24-7-1-2-14(12-24)26-13/h3-5,8,10-11,14H,1-2,6-7,9,12H2,(H,21,23). The molecule has 2 atom stereocenters. The van der Waals surface area contributed by atoms with Crippen LogP contribution in [-0.4, -0.2) is 51.8 Å². The Morgan fingerprint density at radius 1 is 1.19 bits per heavy atom. The minimum absolute atomic E-state index is 0.133. The Morgan fingerprint density at radius 2 is 2.15 bits per heavy atom. The van der Waals surface area contributed by atoms with Crippen molar-refractivity contribution in [3.8, 4) is 16.9 Å². The number of hydrogen-bond acceptors (Lipinski definition) is 5. The first kappa shape index (κ1) is 15.6. The number of fused-ring (bicyclic) bond motifs is 6.